The first kappa shape index (κ1) is 10.3. The van der Waals surface area contributed by atoms with Crippen molar-refractivity contribution in [3.8, 4) is 11.3 Å². The number of benzene rings is 2. The quantitative estimate of drug-likeness (QED) is 0.494. The lowest BCUT2D eigenvalue weighted by molar-refractivity contribution is 1.38. The highest BCUT2D eigenvalue weighted by Crippen LogP contribution is 2.30. The van der Waals surface area contributed by atoms with Gasteiger partial charge in [0.15, 0.2) is 0 Å². The molecule has 1 N–H and O–H groups in total. The van der Waals surface area contributed by atoms with Crippen molar-refractivity contribution in [1.29, 1.82) is 0 Å². The second-order valence-electron chi connectivity index (χ2n) is 4.63. The maximum absolute atomic E-state index is 4.65. The van der Waals surface area contributed by atoms with E-state index >= 15 is 0 Å². The molecule has 0 unspecified atom stereocenters. The first-order valence-electron chi connectivity index (χ1n) is 6.34. The molecule has 2 aromatic heterocycles. The molecule has 0 saturated carbocycles. The normalized spacial score (nSPS) is 11.2. The Morgan fingerprint density at radius 3 is 2.58 bits per heavy atom. The van der Waals surface area contributed by atoms with Crippen LogP contribution in [0.5, 0.6) is 0 Å². The smallest absolute Gasteiger partial charge is 0.0801 e. The molecule has 0 saturated heterocycles. The highest BCUT2D eigenvalue weighted by atomic mass is 14.7. The van der Waals surface area contributed by atoms with Gasteiger partial charge in [0, 0.05) is 34.4 Å². The summed E-state index contributed by atoms with van der Waals surface area (Å²) in [4.78, 5) is 7.90. The molecule has 2 aromatic carbocycles. The maximum atomic E-state index is 4.65. The Bertz CT molecular complexity index is 861. The zero-order valence-electron chi connectivity index (χ0n) is 10.3. The van der Waals surface area contributed by atoms with E-state index in [1.165, 1.54) is 16.2 Å². The van der Waals surface area contributed by atoms with Gasteiger partial charge in [-0.1, -0.05) is 42.5 Å². The van der Waals surface area contributed by atoms with Gasteiger partial charge >= 0.3 is 0 Å². The number of aromatic amines is 1. The Balaban J connectivity index is 2.15. The van der Waals surface area contributed by atoms with Gasteiger partial charge in [-0.3, -0.25) is 4.98 Å². The lowest BCUT2D eigenvalue weighted by Crippen LogP contribution is -1.86. The van der Waals surface area contributed by atoms with Crippen LogP contribution in [0.1, 0.15) is 0 Å². The van der Waals surface area contributed by atoms with Crippen molar-refractivity contribution in [2.45, 2.75) is 0 Å². The molecule has 0 radical (unpaired) electrons. The van der Waals surface area contributed by atoms with Crippen molar-refractivity contribution in [1.82, 2.24) is 9.97 Å². The third kappa shape index (κ3) is 1.54. The number of nitrogens with one attached hydrogen (secondary N) is 1. The van der Waals surface area contributed by atoms with Gasteiger partial charge < -0.3 is 4.98 Å². The van der Waals surface area contributed by atoms with Crippen molar-refractivity contribution >= 4 is 21.7 Å². The van der Waals surface area contributed by atoms with Gasteiger partial charge in [0.25, 0.3) is 0 Å². The Hall–Kier alpha value is -2.61. The monoisotopic (exact) mass is 244 g/mol. The summed E-state index contributed by atoms with van der Waals surface area (Å²) in [7, 11) is 0. The molecule has 0 amide bonds. The number of hydrogen-bond acceptors (Lipinski definition) is 1. The Morgan fingerprint density at radius 1 is 0.789 bits per heavy atom. The predicted octanol–water partition coefficient (Wildman–Crippen LogP) is 4.38. The topological polar surface area (TPSA) is 28.7 Å². The minimum atomic E-state index is 1.05. The largest absolute Gasteiger partial charge is 0.361 e. The molecule has 2 heterocycles. The van der Waals surface area contributed by atoms with Crippen LogP contribution in [0.2, 0.25) is 0 Å². The van der Waals surface area contributed by atoms with E-state index in [1.807, 2.05) is 24.5 Å². The third-order valence-corrected chi connectivity index (χ3v) is 3.51. The highest BCUT2D eigenvalue weighted by Gasteiger charge is 2.07. The summed E-state index contributed by atoms with van der Waals surface area (Å²) in [5.41, 5.74) is 3.30. The van der Waals surface area contributed by atoms with Crippen LogP contribution in [-0.4, -0.2) is 9.97 Å². The minimum absolute atomic E-state index is 1.05. The summed E-state index contributed by atoms with van der Waals surface area (Å²) in [5, 5.41) is 3.63. The Morgan fingerprint density at radius 2 is 1.68 bits per heavy atom. The molecule has 4 aromatic rings. The standard InChI is InChI=1S/C17H12N2/c1-2-6-13-12(5-1)11-19-17-14(13)7-3-8-15(17)16-9-4-10-18-16/h1-11,18H. The number of para-hydroxylation sites is 1. The molecule has 0 aliphatic heterocycles. The average molecular weight is 244 g/mol. The summed E-state index contributed by atoms with van der Waals surface area (Å²) >= 11 is 0. The van der Waals surface area contributed by atoms with E-state index < -0.39 is 0 Å². The molecule has 4 rings (SSSR count). The lowest BCUT2D eigenvalue weighted by Gasteiger charge is -2.07. The second kappa shape index (κ2) is 3.95. The van der Waals surface area contributed by atoms with Crippen LogP contribution in [-0.2, 0) is 0 Å². The SMILES string of the molecule is c1c[nH]c(-c2cccc3c2ncc2ccccc23)c1. The van der Waals surface area contributed by atoms with Gasteiger partial charge in [-0.25, -0.2) is 0 Å². The fraction of sp³-hybridized carbons (Fsp3) is 0. The van der Waals surface area contributed by atoms with Crippen LogP contribution in [0, 0.1) is 0 Å². The van der Waals surface area contributed by atoms with Crippen LogP contribution in [0.15, 0.2) is 67.0 Å². The van der Waals surface area contributed by atoms with Crippen LogP contribution >= 0.6 is 0 Å². The Labute approximate surface area is 110 Å². The van der Waals surface area contributed by atoms with Gasteiger partial charge in [0.1, 0.15) is 0 Å². The summed E-state index contributed by atoms with van der Waals surface area (Å²) in [6.07, 6.45) is 3.89. The number of fused-ring (bicyclic) bond motifs is 3. The van der Waals surface area contributed by atoms with Crippen molar-refractivity contribution in [2.75, 3.05) is 0 Å². The van der Waals surface area contributed by atoms with E-state index in [1.54, 1.807) is 0 Å². The van der Waals surface area contributed by atoms with E-state index in [4.69, 9.17) is 0 Å². The first-order chi connectivity index (χ1) is 9.43. The van der Waals surface area contributed by atoms with E-state index in [0.717, 1.165) is 16.8 Å². The molecule has 0 fully saturated rings. The summed E-state index contributed by atoms with van der Waals surface area (Å²) in [5.74, 6) is 0. The zero-order chi connectivity index (χ0) is 12.7. The van der Waals surface area contributed by atoms with Crippen LogP contribution in [0.25, 0.3) is 32.9 Å². The maximum Gasteiger partial charge on any atom is 0.0801 e. The van der Waals surface area contributed by atoms with E-state index in [2.05, 4.69) is 52.4 Å². The molecule has 0 atom stereocenters. The fourth-order valence-electron chi connectivity index (χ4n) is 2.60. The van der Waals surface area contributed by atoms with Crippen molar-refractivity contribution in [3.63, 3.8) is 0 Å². The number of hydrogen-bond donors (Lipinski definition) is 1. The number of pyridine rings is 1. The minimum Gasteiger partial charge on any atom is -0.361 e. The van der Waals surface area contributed by atoms with Gasteiger partial charge in [-0.15, -0.1) is 0 Å². The molecule has 0 aliphatic carbocycles. The first-order valence-corrected chi connectivity index (χ1v) is 6.34. The molecule has 0 bridgehead atoms. The Kier molecular flexibility index (Phi) is 2.15. The van der Waals surface area contributed by atoms with Crippen molar-refractivity contribution in [3.05, 3.63) is 67.0 Å². The van der Waals surface area contributed by atoms with Crippen molar-refractivity contribution in [2.24, 2.45) is 0 Å². The van der Waals surface area contributed by atoms with Gasteiger partial charge in [-0.2, -0.15) is 0 Å². The highest BCUT2D eigenvalue weighted by molar-refractivity contribution is 6.09. The van der Waals surface area contributed by atoms with E-state index in [0.29, 0.717) is 0 Å². The molecule has 90 valence electrons. The van der Waals surface area contributed by atoms with Crippen LogP contribution < -0.4 is 0 Å². The summed E-state index contributed by atoms with van der Waals surface area (Å²) in [6, 6.07) is 18.8. The van der Waals surface area contributed by atoms with Crippen LogP contribution in [0.3, 0.4) is 0 Å². The number of aromatic nitrogens is 2. The molecular formula is C17H12N2. The van der Waals surface area contributed by atoms with E-state index in [-0.39, 0.29) is 0 Å². The molecule has 2 nitrogen and oxygen atoms in total. The van der Waals surface area contributed by atoms with Gasteiger partial charge in [0.05, 0.1) is 5.52 Å². The average Bonchev–Trinajstić information content (AvgIpc) is 3.00. The summed E-state index contributed by atoms with van der Waals surface area (Å²) < 4.78 is 0. The number of rotatable bonds is 1. The van der Waals surface area contributed by atoms with Gasteiger partial charge in [-0.05, 0) is 17.5 Å². The molecule has 19 heavy (non-hydrogen) atoms. The van der Waals surface area contributed by atoms with Crippen molar-refractivity contribution < 1.29 is 0 Å². The number of nitrogens with zero attached hydrogens (tertiary/aromatic N) is 1. The second-order valence-corrected chi connectivity index (χ2v) is 4.63. The lowest BCUT2D eigenvalue weighted by atomic mass is 10.0. The zero-order valence-corrected chi connectivity index (χ0v) is 10.3. The third-order valence-electron chi connectivity index (χ3n) is 3.51. The molecule has 2 heteroatoms. The molecular weight excluding hydrogens is 232 g/mol. The van der Waals surface area contributed by atoms with Crippen LogP contribution in [0.4, 0.5) is 0 Å². The summed E-state index contributed by atoms with van der Waals surface area (Å²) in [6.45, 7) is 0. The van der Waals surface area contributed by atoms with E-state index in [9.17, 15) is 0 Å². The van der Waals surface area contributed by atoms with Gasteiger partial charge in [0.2, 0.25) is 0 Å². The fourth-order valence-corrected chi connectivity index (χ4v) is 2.60. The predicted molar refractivity (Wildman–Crippen MR) is 79.0 cm³/mol. The molecule has 0 spiro atoms. The number of H-pyrrole nitrogens is 1. The molecule has 0 aliphatic rings.